The van der Waals surface area contributed by atoms with Gasteiger partial charge >= 0.3 is 0 Å². The zero-order valence-electron chi connectivity index (χ0n) is 16.9. The molecule has 2 saturated heterocycles. The lowest BCUT2D eigenvalue weighted by atomic mass is 9.55. The van der Waals surface area contributed by atoms with Gasteiger partial charge in [-0.1, -0.05) is 19.9 Å². The maximum absolute atomic E-state index is 6.05. The van der Waals surface area contributed by atoms with Gasteiger partial charge in [-0.15, -0.1) is 11.3 Å². The number of nitrogens with one attached hydrogen (secondary N) is 2. The molecule has 2 N–H and O–H groups in total. The zero-order valence-corrected chi connectivity index (χ0v) is 17.7. The van der Waals surface area contributed by atoms with Gasteiger partial charge in [0.1, 0.15) is 0 Å². The molecule has 0 spiro atoms. The normalized spacial score (nSPS) is 31.8. The van der Waals surface area contributed by atoms with E-state index in [0.29, 0.717) is 24.1 Å². The van der Waals surface area contributed by atoms with Crippen molar-refractivity contribution in [3.8, 4) is 0 Å². The Morgan fingerprint density at radius 3 is 2.89 bits per heavy atom. The van der Waals surface area contributed by atoms with Crippen molar-refractivity contribution in [1.29, 1.82) is 0 Å². The molecule has 1 aromatic rings. The minimum atomic E-state index is 0.158. The average Bonchev–Trinajstić information content (AvgIpc) is 3.39. The molecule has 5 nitrogen and oxygen atoms in total. The molecule has 0 radical (unpaired) electrons. The number of hydrogen-bond donors (Lipinski definition) is 2. The number of guanidine groups is 1. The highest BCUT2D eigenvalue weighted by Gasteiger charge is 2.58. The second-order valence-corrected chi connectivity index (χ2v) is 9.75. The molecule has 27 heavy (non-hydrogen) atoms. The number of ether oxygens (including phenoxy) is 1. The molecule has 0 amide bonds. The quantitative estimate of drug-likeness (QED) is 0.599. The van der Waals surface area contributed by atoms with Gasteiger partial charge in [-0.3, -0.25) is 9.89 Å². The second kappa shape index (κ2) is 8.10. The molecule has 1 aliphatic carbocycles. The molecule has 6 heteroatoms. The summed E-state index contributed by atoms with van der Waals surface area (Å²) in [5.41, 5.74) is 0.158. The Hall–Kier alpha value is -1.11. The predicted molar refractivity (Wildman–Crippen MR) is 112 cm³/mol. The number of fused-ring (bicyclic) bond motifs is 1. The summed E-state index contributed by atoms with van der Waals surface area (Å²) in [7, 11) is 1.88. The van der Waals surface area contributed by atoms with Crippen molar-refractivity contribution in [2.24, 2.45) is 16.3 Å². The molecule has 3 fully saturated rings. The van der Waals surface area contributed by atoms with Gasteiger partial charge in [-0.05, 0) is 50.2 Å². The number of likely N-dealkylation sites (tertiary alicyclic amines) is 1. The Morgan fingerprint density at radius 1 is 1.37 bits per heavy atom. The third-order valence-electron chi connectivity index (χ3n) is 6.76. The number of hydrogen-bond acceptors (Lipinski definition) is 4. The van der Waals surface area contributed by atoms with Gasteiger partial charge in [0.15, 0.2) is 5.96 Å². The Balaban J connectivity index is 1.38. The van der Waals surface area contributed by atoms with E-state index >= 15 is 0 Å². The predicted octanol–water partition coefficient (Wildman–Crippen LogP) is 3.25. The highest BCUT2D eigenvalue weighted by atomic mass is 32.1. The van der Waals surface area contributed by atoms with E-state index in [4.69, 9.17) is 4.74 Å². The zero-order chi connectivity index (χ0) is 18.9. The van der Waals surface area contributed by atoms with Crippen LogP contribution in [-0.4, -0.2) is 56.3 Å². The molecule has 4 unspecified atom stereocenters. The first-order valence-corrected chi connectivity index (χ1v) is 11.4. The summed E-state index contributed by atoms with van der Waals surface area (Å²) >= 11 is 1.86. The van der Waals surface area contributed by atoms with Crippen LogP contribution in [0.4, 0.5) is 0 Å². The molecule has 3 aliphatic rings. The van der Waals surface area contributed by atoms with Crippen molar-refractivity contribution in [3.05, 3.63) is 22.4 Å². The molecule has 1 saturated carbocycles. The first kappa shape index (κ1) is 19.2. The molecule has 150 valence electrons. The van der Waals surface area contributed by atoms with Crippen molar-refractivity contribution in [2.75, 3.05) is 33.3 Å². The topological polar surface area (TPSA) is 48.9 Å². The summed E-state index contributed by atoms with van der Waals surface area (Å²) < 4.78 is 6.05. The van der Waals surface area contributed by atoms with E-state index in [9.17, 15) is 0 Å². The Bertz CT molecular complexity index is 639. The van der Waals surface area contributed by atoms with Gasteiger partial charge in [0.05, 0.1) is 12.1 Å². The van der Waals surface area contributed by atoms with E-state index in [1.807, 2.05) is 18.4 Å². The summed E-state index contributed by atoms with van der Waals surface area (Å²) in [6, 6.07) is 5.30. The van der Waals surface area contributed by atoms with Gasteiger partial charge in [0.2, 0.25) is 0 Å². The van der Waals surface area contributed by atoms with Crippen LogP contribution in [0.2, 0.25) is 0 Å². The van der Waals surface area contributed by atoms with Gasteiger partial charge < -0.3 is 15.4 Å². The SMILES string of the molecule is CN=C(NCC(c1cccs1)N1CCCC1)NC1C2CCCOC2C1(C)C. The summed E-state index contributed by atoms with van der Waals surface area (Å²) in [4.78, 5) is 8.60. The molecule has 1 aromatic heterocycles. The van der Waals surface area contributed by atoms with Crippen molar-refractivity contribution in [1.82, 2.24) is 15.5 Å². The molecule has 3 heterocycles. The largest absolute Gasteiger partial charge is 0.377 e. The van der Waals surface area contributed by atoms with Crippen LogP contribution in [0.3, 0.4) is 0 Å². The van der Waals surface area contributed by atoms with Gasteiger partial charge in [0.25, 0.3) is 0 Å². The molecule has 4 atom stereocenters. The van der Waals surface area contributed by atoms with E-state index in [1.165, 1.54) is 43.6 Å². The Labute approximate surface area is 167 Å². The van der Waals surface area contributed by atoms with Crippen molar-refractivity contribution < 1.29 is 4.74 Å². The first-order chi connectivity index (χ1) is 13.1. The molecular formula is C21H34N4OS. The number of nitrogens with zero attached hydrogens (tertiary/aromatic N) is 2. The molecule has 4 rings (SSSR count). The van der Waals surface area contributed by atoms with Crippen LogP contribution in [-0.2, 0) is 4.74 Å². The summed E-state index contributed by atoms with van der Waals surface area (Å²) in [5, 5.41) is 9.54. The highest BCUT2D eigenvalue weighted by Crippen LogP contribution is 2.51. The first-order valence-electron chi connectivity index (χ1n) is 10.5. The standard InChI is InChI=1S/C21H34N4OS/c1-21(2)18(15-8-6-12-26-19(15)21)24-20(22-3)23-14-16(17-9-7-13-27-17)25-10-4-5-11-25/h7,9,13,15-16,18-19H,4-6,8,10-12,14H2,1-3H3,(H2,22,23,24). The third kappa shape index (κ3) is 3.76. The van der Waals surface area contributed by atoms with Crippen molar-refractivity contribution in [3.63, 3.8) is 0 Å². The maximum atomic E-state index is 6.05. The molecule has 0 aromatic carbocycles. The van der Waals surface area contributed by atoms with Crippen molar-refractivity contribution >= 4 is 17.3 Å². The van der Waals surface area contributed by atoms with Crippen LogP contribution in [0.1, 0.15) is 50.4 Å². The van der Waals surface area contributed by atoms with Gasteiger partial charge in [0, 0.05) is 42.5 Å². The summed E-state index contributed by atoms with van der Waals surface area (Å²) in [5.74, 6) is 1.54. The molecule has 0 bridgehead atoms. The van der Waals surface area contributed by atoms with Crippen LogP contribution < -0.4 is 10.6 Å². The monoisotopic (exact) mass is 390 g/mol. The second-order valence-electron chi connectivity index (χ2n) is 8.77. The van der Waals surface area contributed by atoms with Crippen molar-refractivity contribution in [2.45, 2.75) is 57.7 Å². The smallest absolute Gasteiger partial charge is 0.191 e. The average molecular weight is 391 g/mol. The van der Waals surface area contributed by atoms with Crippen LogP contribution in [0.15, 0.2) is 22.5 Å². The third-order valence-corrected chi connectivity index (χ3v) is 7.74. The van der Waals surface area contributed by atoms with E-state index < -0.39 is 0 Å². The Kier molecular flexibility index (Phi) is 5.76. The lowest BCUT2D eigenvalue weighted by molar-refractivity contribution is -0.188. The minimum Gasteiger partial charge on any atom is -0.377 e. The fourth-order valence-corrected chi connectivity index (χ4v) is 6.16. The minimum absolute atomic E-state index is 0.158. The molecular weight excluding hydrogens is 356 g/mol. The van der Waals surface area contributed by atoms with Gasteiger partial charge in [-0.2, -0.15) is 0 Å². The fraction of sp³-hybridized carbons (Fsp3) is 0.762. The fourth-order valence-electron chi connectivity index (χ4n) is 5.29. The lowest BCUT2D eigenvalue weighted by Crippen LogP contribution is -2.71. The number of rotatable bonds is 5. The summed E-state index contributed by atoms with van der Waals surface area (Å²) in [6.45, 7) is 8.87. The van der Waals surface area contributed by atoms with E-state index in [1.54, 1.807) is 0 Å². The van der Waals surface area contributed by atoms with E-state index in [-0.39, 0.29) is 5.41 Å². The van der Waals surface area contributed by atoms with E-state index in [0.717, 1.165) is 19.1 Å². The number of thiophene rings is 1. The van der Waals surface area contributed by atoms with Crippen LogP contribution in [0, 0.1) is 11.3 Å². The van der Waals surface area contributed by atoms with Crippen LogP contribution in [0.25, 0.3) is 0 Å². The van der Waals surface area contributed by atoms with E-state index in [2.05, 4.69) is 51.9 Å². The maximum Gasteiger partial charge on any atom is 0.191 e. The lowest BCUT2D eigenvalue weighted by Gasteiger charge is -2.60. The highest BCUT2D eigenvalue weighted by molar-refractivity contribution is 7.10. The number of aliphatic imine (C=N–C) groups is 1. The van der Waals surface area contributed by atoms with Crippen LogP contribution >= 0.6 is 11.3 Å². The van der Waals surface area contributed by atoms with Gasteiger partial charge in [-0.25, -0.2) is 0 Å². The summed E-state index contributed by atoms with van der Waals surface area (Å²) in [6.07, 6.45) is 5.46. The van der Waals surface area contributed by atoms with Crippen LogP contribution in [0.5, 0.6) is 0 Å². The molecule has 2 aliphatic heterocycles. The Morgan fingerprint density at radius 2 is 2.19 bits per heavy atom.